The molecule has 0 aromatic heterocycles. The lowest BCUT2D eigenvalue weighted by molar-refractivity contribution is 0.394. The Morgan fingerprint density at radius 1 is 1.00 bits per heavy atom. The van der Waals surface area contributed by atoms with E-state index in [1.54, 1.807) is 48.5 Å². The molecule has 0 saturated heterocycles. The van der Waals surface area contributed by atoms with Gasteiger partial charge in [-0.3, -0.25) is 0 Å². The minimum Gasteiger partial charge on any atom is -0.497 e. The standard InChI is InChI=1S/C19H19NO5S/c1-23-16-7-4-14(5-8-16)13-26(21,22)18(12-20)10-15-6-9-17(24-2)11-19(15)25-3/h4-11H,13H2,1-3H3/b18-10+. The van der Waals surface area contributed by atoms with E-state index in [2.05, 4.69) is 0 Å². The van der Waals surface area contributed by atoms with Gasteiger partial charge in [0.25, 0.3) is 0 Å². The first-order valence-electron chi connectivity index (χ1n) is 7.63. The molecule has 0 unspecified atom stereocenters. The fraction of sp³-hybridized carbons (Fsp3) is 0.211. The summed E-state index contributed by atoms with van der Waals surface area (Å²) < 4.78 is 40.7. The molecule has 0 radical (unpaired) electrons. The van der Waals surface area contributed by atoms with Gasteiger partial charge in [-0.15, -0.1) is 0 Å². The van der Waals surface area contributed by atoms with Crippen molar-refractivity contribution in [3.8, 4) is 23.3 Å². The second kappa shape index (κ2) is 8.41. The van der Waals surface area contributed by atoms with Crippen LogP contribution >= 0.6 is 0 Å². The van der Waals surface area contributed by atoms with E-state index < -0.39 is 9.84 Å². The number of nitrogens with zero attached hydrogens (tertiary/aromatic N) is 1. The van der Waals surface area contributed by atoms with Crippen molar-refractivity contribution in [1.82, 2.24) is 0 Å². The molecular formula is C19H19NO5S. The second-order valence-electron chi connectivity index (χ2n) is 5.34. The third kappa shape index (κ3) is 4.55. The average molecular weight is 373 g/mol. The van der Waals surface area contributed by atoms with Gasteiger partial charge in [-0.2, -0.15) is 5.26 Å². The molecule has 0 saturated carbocycles. The molecule has 0 aliphatic rings. The van der Waals surface area contributed by atoms with Gasteiger partial charge in [-0.25, -0.2) is 8.42 Å². The van der Waals surface area contributed by atoms with Crippen molar-refractivity contribution in [2.24, 2.45) is 0 Å². The van der Waals surface area contributed by atoms with Gasteiger partial charge in [-0.05, 0) is 35.9 Å². The summed E-state index contributed by atoms with van der Waals surface area (Å²) in [4.78, 5) is -0.336. The van der Waals surface area contributed by atoms with Crippen LogP contribution in [-0.4, -0.2) is 29.7 Å². The van der Waals surface area contributed by atoms with Gasteiger partial charge in [0.1, 0.15) is 28.2 Å². The molecule has 7 heteroatoms. The first-order valence-corrected chi connectivity index (χ1v) is 9.28. The highest BCUT2D eigenvalue weighted by atomic mass is 32.2. The lowest BCUT2D eigenvalue weighted by Crippen LogP contribution is -2.06. The van der Waals surface area contributed by atoms with Crippen molar-refractivity contribution in [3.05, 3.63) is 58.5 Å². The lowest BCUT2D eigenvalue weighted by atomic mass is 10.2. The van der Waals surface area contributed by atoms with Gasteiger partial charge in [0, 0.05) is 11.6 Å². The molecule has 0 fully saturated rings. The Morgan fingerprint density at radius 2 is 1.62 bits per heavy atom. The summed E-state index contributed by atoms with van der Waals surface area (Å²) in [5.41, 5.74) is 1.04. The molecule has 2 rings (SSSR count). The Hall–Kier alpha value is -2.98. The zero-order chi connectivity index (χ0) is 19.2. The summed E-state index contributed by atoms with van der Waals surface area (Å²) >= 11 is 0. The van der Waals surface area contributed by atoms with Gasteiger partial charge in [0.05, 0.1) is 27.1 Å². The number of ether oxygens (including phenoxy) is 3. The molecule has 0 spiro atoms. The van der Waals surface area contributed by atoms with Crippen LogP contribution in [0, 0.1) is 11.3 Å². The lowest BCUT2D eigenvalue weighted by Gasteiger charge is -2.09. The van der Waals surface area contributed by atoms with E-state index >= 15 is 0 Å². The third-order valence-corrected chi connectivity index (χ3v) is 5.28. The Balaban J connectivity index is 2.36. The first kappa shape index (κ1) is 19.3. The molecule has 0 atom stereocenters. The normalized spacial score (nSPS) is 11.5. The van der Waals surface area contributed by atoms with Crippen LogP contribution in [0.2, 0.25) is 0 Å². The summed E-state index contributed by atoms with van der Waals surface area (Å²) in [5, 5.41) is 9.36. The highest BCUT2D eigenvalue weighted by Crippen LogP contribution is 2.28. The monoisotopic (exact) mass is 373 g/mol. The molecule has 136 valence electrons. The van der Waals surface area contributed by atoms with Crippen LogP contribution in [0.4, 0.5) is 0 Å². The van der Waals surface area contributed by atoms with Crippen molar-refractivity contribution in [2.75, 3.05) is 21.3 Å². The molecule has 0 aliphatic heterocycles. The van der Waals surface area contributed by atoms with Crippen LogP contribution in [0.15, 0.2) is 47.4 Å². The smallest absolute Gasteiger partial charge is 0.192 e. The van der Waals surface area contributed by atoms with E-state index in [1.165, 1.54) is 27.4 Å². The number of nitriles is 1. The summed E-state index contributed by atoms with van der Waals surface area (Å²) in [6.07, 6.45) is 1.30. The molecule has 26 heavy (non-hydrogen) atoms. The Kier molecular flexibility index (Phi) is 6.26. The van der Waals surface area contributed by atoms with Crippen LogP contribution < -0.4 is 14.2 Å². The Labute approximate surface area is 153 Å². The van der Waals surface area contributed by atoms with E-state index in [0.717, 1.165) is 0 Å². The molecule has 0 aliphatic carbocycles. The predicted octanol–water partition coefficient (Wildman–Crippen LogP) is 3.19. The number of benzene rings is 2. The Morgan fingerprint density at radius 3 is 2.15 bits per heavy atom. The fourth-order valence-electron chi connectivity index (χ4n) is 2.29. The number of allylic oxidation sites excluding steroid dienone is 1. The number of hydrogen-bond acceptors (Lipinski definition) is 6. The molecule has 2 aromatic rings. The van der Waals surface area contributed by atoms with Crippen LogP contribution in [-0.2, 0) is 15.6 Å². The zero-order valence-electron chi connectivity index (χ0n) is 14.7. The molecular weight excluding hydrogens is 354 g/mol. The maximum absolute atomic E-state index is 12.6. The molecule has 0 heterocycles. The van der Waals surface area contributed by atoms with Crippen molar-refractivity contribution in [2.45, 2.75) is 5.75 Å². The van der Waals surface area contributed by atoms with Crippen molar-refractivity contribution in [1.29, 1.82) is 5.26 Å². The van der Waals surface area contributed by atoms with Crippen molar-refractivity contribution < 1.29 is 22.6 Å². The largest absolute Gasteiger partial charge is 0.497 e. The quantitative estimate of drug-likeness (QED) is 0.693. The SMILES string of the molecule is COc1ccc(CS(=O)(=O)/C(C#N)=C/c2ccc(OC)cc2OC)cc1. The van der Waals surface area contributed by atoms with Crippen molar-refractivity contribution >= 4 is 15.9 Å². The van der Waals surface area contributed by atoms with Gasteiger partial charge < -0.3 is 14.2 Å². The maximum atomic E-state index is 12.6. The fourth-order valence-corrected chi connectivity index (χ4v) is 3.52. The van der Waals surface area contributed by atoms with E-state index in [0.29, 0.717) is 28.4 Å². The number of methoxy groups -OCH3 is 3. The zero-order valence-corrected chi connectivity index (χ0v) is 15.5. The average Bonchev–Trinajstić information content (AvgIpc) is 2.66. The maximum Gasteiger partial charge on any atom is 0.192 e. The van der Waals surface area contributed by atoms with Gasteiger partial charge in [0.2, 0.25) is 0 Å². The molecule has 2 aromatic carbocycles. The summed E-state index contributed by atoms with van der Waals surface area (Å²) in [6, 6.07) is 13.4. The number of rotatable bonds is 7. The van der Waals surface area contributed by atoms with Gasteiger partial charge >= 0.3 is 0 Å². The highest BCUT2D eigenvalue weighted by molar-refractivity contribution is 7.95. The van der Waals surface area contributed by atoms with Crippen LogP contribution in [0.5, 0.6) is 17.2 Å². The van der Waals surface area contributed by atoms with E-state index in [-0.39, 0.29) is 10.7 Å². The minimum atomic E-state index is -3.81. The summed E-state index contributed by atoms with van der Waals surface area (Å²) in [7, 11) is 0.701. The highest BCUT2D eigenvalue weighted by Gasteiger charge is 2.19. The van der Waals surface area contributed by atoms with Crippen molar-refractivity contribution in [3.63, 3.8) is 0 Å². The second-order valence-corrected chi connectivity index (χ2v) is 7.29. The van der Waals surface area contributed by atoms with E-state index in [1.807, 2.05) is 0 Å². The van der Waals surface area contributed by atoms with Crippen LogP contribution in [0.1, 0.15) is 11.1 Å². The third-order valence-electron chi connectivity index (χ3n) is 3.69. The molecule has 0 N–H and O–H groups in total. The van der Waals surface area contributed by atoms with Crippen LogP contribution in [0.25, 0.3) is 6.08 Å². The molecule has 6 nitrogen and oxygen atoms in total. The summed E-state index contributed by atoms with van der Waals surface area (Å²) in [5.74, 6) is 1.33. The minimum absolute atomic E-state index is 0.283. The van der Waals surface area contributed by atoms with Gasteiger partial charge in [0.15, 0.2) is 9.84 Å². The molecule has 0 amide bonds. The number of sulfone groups is 1. The molecule has 0 bridgehead atoms. The Bertz CT molecular complexity index is 941. The first-order chi connectivity index (χ1) is 12.4. The van der Waals surface area contributed by atoms with Crippen LogP contribution in [0.3, 0.4) is 0 Å². The number of hydrogen-bond donors (Lipinski definition) is 0. The summed E-state index contributed by atoms with van der Waals surface area (Å²) in [6.45, 7) is 0. The van der Waals surface area contributed by atoms with Gasteiger partial charge in [-0.1, -0.05) is 12.1 Å². The van der Waals surface area contributed by atoms with E-state index in [9.17, 15) is 13.7 Å². The topological polar surface area (TPSA) is 85.6 Å². The predicted molar refractivity (Wildman–Crippen MR) is 98.8 cm³/mol. The van der Waals surface area contributed by atoms with E-state index in [4.69, 9.17) is 14.2 Å².